The Labute approximate surface area is 348 Å². The van der Waals surface area contributed by atoms with Gasteiger partial charge in [0.25, 0.3) is 0 Å². The van der Waals surface area contributed by atoms with E-state index < -0.39 is 0 Å². The van der Waals surface area contributed by atoms with Crippen molar-refractivity contribution in [3.63, 3.8) is 0 Å². The normalized spacial score (nSPS) is 11.2. The van der Waals surface area contributed by atoms with Gasteiger partial charge >= 0.3 is 0 Å². The van der Waals surface area contributed by atoms with Crippen molar-refractivity contribution in [2.75, 3.05) is 13.9 Å². The van der Waals surface area contributed by atoms with Gasteiger partial charge in [-0.3, -0.25) is 0 Å². The Morgan fingerprint density at radius 1 is 0.607 bits per heavy atom. The molecule has 1 N–H and O–H groups in total. The third-order valence-electron chi connectivity index (χ3n) is 8.93. The minimum atomic E-state index is -0.0362. The minimum Gasteiger partial charge on any atom is -0.507 e. The summed E-state index contributed by atoms with van der Waals surface area (Å²) >= 11 is 6.62. The molecule has 0 saturated carbocycles. The number of phenols is 1. The molecule has 8 heteroatoms. The summed E-state index contributed by atoms with van der Waals surface area (Å²) in [6.45, 7) is 13.4. The molecule has 7 aromatic rings. The van der Waals surface area contributed by atoms with Crippen LogP contribution in [0.2, 0.25) is 0 Å². The van der Waals surface area contributed by atoms with Crippen LogP contribution in [0, 0.1) is 12.8 Å². The van der Waals surface area contributed by atoms with Crippen LogP contribution >= 0.6 is 38.6 Å². The van der Waals surface area contributed by atoms with Gasteiger partial charge < -0.3 is 14.6 Å². The number of phenolic OH excluding ortho intramolecular Hbond substituents is 1. The standard InChI is InChI=1S/C25H23NOS.C21H22BrNO2S.C2H2/c1-25(2,3)19-14-20(17-10-6-4-7-11-17)23(27)21(15-19)24-26-22(16-28-24)18-12-8-5-9-13-18;1-21(2,3)15-10-16(14-8-6-5-7-9-14)19(25-13-24-4)17(11-15)20-23-18(22)12-26-20;1-2/h4-16,27H,1-3H3;5-12H,13H2,1-4H3;1-2H. The molecule has 0 saturated heterocycles. The van der Waals surface area contributed by atoms with Crippen LogP contribution in [-0.4, -0.2) is 29.0 Å². The largest absolute Gasteiger partial charge is 0.507 e. The highest BCUT2D eigenvalue weighted by Crippen LogP contribution is 2.45. The summed E-state index contributed by atoms with van der Waals surface area (Å²) in [7, 11) is 1.63. The number of ether oxygens (including phenoxy) is 2. The van der Waals surface area contributed by atoms with Crippen molar-refractivity contribution in [3.05, 3.63) is 142 Å². The van der Waals surface area contributed by atoms with E-state index in [-0.39, 0.29) is 23.4 Å². The maximum Gasteiger partial charge on any atom is 0.188 e. The maximum absolute atomic E-state index is 11.1. The Morgan fingerprint density at radius 3 is 1.55 bits per heavy atom. The van der Waals surface area contributed by atoms with E-state index in [9.17, 15) is 5.11 Å². The second-order valence-electron chi connectivity index (χ2n) is 15.0. The van der Waals surface area contributed by atoms with Gasteiger partial charge in [0.2, 0.25) is 0 Å². The van der Waals surface area contributed by atoms with Gasteiger partial charge in [0.15, 0.2) is 6.79 Å². The van der Waals surface area contributed by atoms with Gasteiger partial charge in [-0.1, -0.05) is 133 Å². The first kappa shape index (κ1) is 42.1. The Morgan fingerprint density at radius 2 is 1.05 bits per heavy atom. The van der Waals surface area contributed by atoms with Gasteiger partial charge in [-0.15, -0.1) is 35.5 Å². The number of nitrogens with zero attached hydrogens (tertiary/aromatic N) is 2. The van der Waals surface area contributed by atoms with E-state index in [0.717, 1.165) is 65.0 Å². The summed E-state index contributed by atoms with van der Waals surface area (Å²) in [5.74, 6) is 1.08. The molecule has 286 valence electrons. The lowest BCUT2D eigenvalue weighted by atomic mass is 9.83. The van der Waals surface area contributed by atoms with Crippen LogP contribution in [-0.2, 0) is 15.6 Å². The number of aromatic nitrogens is 2. The average Bonchev–Trinajstić information content (AvgIpc) is 3.88. The SMILES string of the molecule is C#C.CC(C)(C)c1cc(-c2ccccc2)c(O)c(-c2nc(-c3ccccc3)cs2)c1.COCOc1c(-c2ccccc2)cc(C(C)(C)C)cc1-c1nc(Br)cs1. The van der Waals surface area contributed by atoms with Crippen LogP contribution in [0.4, 0.5) is 0 Å². The van der Waals surface area contributed by atoms with Crippen LogP contribution < -0.4 is 4.74 Å². The van der Waals surface area contributed by atoms with Gasteiger partial charge in [-0.05, 0) is 73.3 Å². The molecule has 5 nitrogen and oxygen atoms in total. The van der Waals surface area contributed by atoms with E-state index >= 15 is 0 Å². The molecule has 2 aromatic heterocycles. The summed E-state index contributed by atoms with van der Waals surface area (Å²) in [6.07, 6.45) is 8.00. The van der Waals surface area contributed by atoms with E-state index in [1.165, 1.54) is 11.1 Å². The van der Waals surface area contributed by atoms with E-state index in [1.807, 2.05) is 72.1 Å². The van der Waals surface area contributed by atoms with Crippen molar-refractivity contribution in [2.24, 2.45) is 0 Å². The van der Waals surface area contributed by atoms with Gasteiger partial charge in [-0.2, -0.15) is 0 Å². The number of rotatable bonds is 8. The average molecular weight is 844 g/mol. The fourth-order valence-corrected chi connectivity index (χ4v) is 8.02. The number of thiazole rings is 2. The topological polar surface area (TPSA) is 64.5 Å². The first-order valence-electron chi connectivity index (χ1n) is 18.1. The quantitative estimate of drug-likeness (QED) is 0.122. The van der Waals surface area contributed by atoms with Crippen molar-refractivity contribution in [1.29, 1.82) is 0 Å². The molecule has 0 fully saturated rings. The number of hydrogen-bond acceptors (Lipinski definition) is 7. The summed E-state index contributed by atoms with van der Waals surface area (Å²) in [4.78, 5) is 9.45. The second-order valence-corrected chi connectivity index (χ2v) is 17.5. The van der Waals surface area contributed by atoms with Crippen molar-refractivity contribution in [1.82, 2.24) is 9.97 Å². The lowest BCUT2D eigenvalue weighted by Gasteiger charge is -2.23. The van der Waals surface area contributed by atoms with Crippen molar-refractivity contribution >= 4 is 38.6 Å². The van der Waals surface area contributed by atoms with Crippen LogP contribution in [0.1, 0.15) is 52.7 Å². The first-order chi connectivity index (χ1) is 26.8. The van der Waals surface area contributed by atoms with E-state index in [1.54, 1.807) is 29.8 Å². The first-order valence-corrected chi connectivity index (χ1v) is 20.6. The fraction of sp³-hybridized carbons (Fsp3) is 0.208. The zero-order valence-corrected chi connectivity index (χ0v) is 36.1. The number of aromatic hydroxyl groups is 1. The number of terminal acetylenes is 1. The van der Waals surface area contributed by atoms with Crippen LogP contribution in [0.25, 0.3) is 54.7 Å². The van der Waals surface area contributed by atoms with Gasteiger partial charge in [0.05, 0.1) is 16.8 Å². The Balaban J connectivity index is 0.000000206. The van der Waals surface area contributed by atoms with Crippen molar-refractivity contribution in [2.45, 2.75) is 52.4 Å². The maximum atomic E-state index is 11.1. The van der Waals surface area contributed by atoms with Crippen LogP contribution in [0.5, 0.6) is 11.5 Å². The summed E-state index contributed by atoms with van der Waals surface area (Å²) < 4.78 is 12.0. The lowest BCUT2D eigenvalue weighted by Crippen LogP contribution is -2.12. The van der Waals surface area contributed by atoms with E-state index in [0.29, 0.717) is 0 Å². The van der Waals surface area contributed by atoms with Crippen LogP contribution in [0.3, 0.4) is 0 Å². The Hall–Kier alpha value is -5.04. The summed E-state index contributed by atoms with van der Waals surface area (Å²) in [6, 6.07) is 39.1. The molecule has 7 rings (SSSR count). The second kappa shape index (κ2) is 18.7. The molecule has 0 bridgehead atoms. The highest BCUT2D eigenvalue weighted by molar-refractivity contribution is 9.10. The molecule has 0 radical (unpaired) electrons. The summed E-state index contributed by atoms with van der Waals surface area (Å²) in [5.41, 5.74) is 10.2. The molecule has 56 heavy (non-hydrogen) atoms. The molecule has 0 atom stereocenters. The summed E-state index contributed by atoms with van der Waals surface area (Å²) in [5, 5.41) is 16.9. The molecule has 0 amide bonds. The van der Waals surface area contributed by atoms with Crippen molar-refractivity contribution < 1.29 is 14.6 Å². The number of halogens is 1. The minimum absolute atomic E-state index is 0.00651. The molecule has 2 heterocycles. The zero-order chi connectivity index (χ0) is 40.5. The van der Waals surface area contributed by atoms with Crippen molar-refractivity contribution in [3.8, 4) is 79.0 Å². The number of methoxy groups -OCH3 is 1. The third kappa shape index (κ3) is 10.2. The molecule has 0 spiro atoms. The molecule has 5 aromatic carbocycles. The van der Waals surface area contributed by atoms with E-state index in [4.69, 9.17) is 14.5 Å². The fourth-order valence-electron chi connectivity index (χ4n) is 5.91. The molecular weight excluding hydrogens is 797 g/mol. The predicted molar refractivity (Wildman–Crippen MR) is 241 cm³/mol. The monoisotopic (exact) mass is 842 g/mol. The predicted octanol–water partition coefficient (Wildman–Crippen LogP) is 13.9. The zero-order valence-electron chi connectivity index (χ0n) is 32.8. The highest BCUT2D eigenvalue weighted by atomic mass is 79.9. The molecule has 0 unspecified atom stereocenters. The van der Waals surface area contributed by atoms with Gasteiger partial charge in [0, 0.05) is 34.6 Å². The smallest absolute Gasteiger partial charge is 0.188 e. The number of hydrogen-bond donors (Lipinski definition) is 1. The molecular formula is C48H47BrN2O3S2. The molecule has 0 aliphatic carbocycles. The lowest BCUT2D eigenvalue weighted by molar-refractivity contribution is 0.0519. The Bertz CT molecular complexity index is 2360. The van der Waals surface area contributed by atoms with Crippen LogP contribution in [0.15, 0.2) is 131 Å². The number of benzene rings is 5. The van der Waals surface area contributed by atoms with Gasteiger partial charge in [-0.25, -0.2) is 9.97 Å². The van der Waals surface area contributed by atoms with Gasteiger partial charge in [0.1, 0.15) is 26.1 Å². The Kier molecular flexibility index (Phi) is 14.1. The molecule has 0 aliphatic rings. The third-order valence-corrected chi connectivity index (χ3v) is 11.4. The molecule has 0 aliphatic heterocycles. The highest BCUT2D eigenvalue weighted by Gasteiger charge is 2.24. The van der Waals surface area contributed by atoms with E-state index in [2.05, 4.69) is 129 Å².